The third-order valence-corrected chi connectivity index (χ3v) is 5.24. The Labute approximate surface area is 175 Å². The van der Waals surface area contributed by atoms with Crippen molar-refractivity contribution >= 4 is 35.5 Å². The largest absolute Gasteiger partial charge is 1.00 e. The molecule has 0 spiro atoms. The zero-order valence-electron chi connectivity index (χ0n) is 14.1. The maximum atomic E-state index is 12.2. The molecule has 12 heteroatoms. The van der Waals surface area contributed by atoms with E-state index in [4.69, 9.17) is 10.8 Å². The fraction of sp³-hybridized carbons (Fsp3) is 0.571. The number of rotatable bonds is 8. The average Bonchev–Trinajstić information content (AvgIpc) is 2.57. The van der Waals surface area contributed by atoms with Crippen molar-refractivity contribution in [3.05, 3.63) is 11.3 Å². The molecule has 0 aliphatic carbocycles. The van der Waals surface area contributed by atoms with Gasteiger partial charge in [0.1, 0.15) is 17.1 Å². The van der Waals surface area contributed by atoms with E-state index in [1.165, 1.54) is 11.8 Å². The Morgan fingerprint density at radius 1 is 1.42 bits per heavy atom. The minimum atomic E-state index is -1.31. The molecular formula is C14H18N3NaO7S. The van der Waals surface area contributed by atoms with Crippen molar-refractivity contribution in [2.24, 2.45) is 10.7 Å². The van der Waals surface area contributed by atoms with Gasteiger partial charge < -0.3 is 26.2 Å². The van der Waals surface area contributed by atoms with Crippen LogP contribution in [0.5, 0.6) is 0 Å². The molecule has 2 unspecified atom stereocenters. The van der Waals surface area contributed by atoms with E-state index in [-0.39, 0.29) is 65.8 Å². The monoisotopic (exact) mass is 395 g/mol. The minimum Gasteiger partial charge on any atom is -0.862 e. The van der Waals surface area contributed by atoms with E-state index in [9.17, 15) is 29.7 Å². The maximum Gasteiger partial charge on any atom is 1.00 e. The Kier molecular flexibility index (Phi) is 8.57. The number of amides is 1. The van der Waals surface area contributed by atoms with Crippen LogP contribution in [0, 0.1) is 0 Å². The van der Waals surface area contributed by atoms with Crippen molar-refractivity contribution in [2.75, 3.05) is 12.4 Å². The van der Waals surface area contributed by atoms with Crippen LogP contribution in [0.3, 0.4) is 0 Å². The molecule has 2 heterocycles. The van der Waals surface area contributed by atoms with Gasteiger partial charge >= 0.3 is 41.5 Å². The fourth-order valence-electron chi connectivity index (χ4n) is 2.59. The quantitative estimate of drug-likeness (QED) is 0.136. The molecule has 3 atom stereocenters. The predicted molar refractivity (Wildman–Crippen MR) is 85.5 cm³/mol. The summed E-state index contributed by atoms with van der Waals surface area (Å²) in [6, 6.07) is -2.01. The summed E-state index contributed by atoms with van der Waals surface area (Å²) in [5.74, 6) is -3.38. The first-order chi connectivity index (χ1) is 11.8. The molecule has 1 saturated heterocycles. The first-order valence-electron chi connectivity index (χ1n) is 7.50. The first-order valence-corrected chi connectivity index (χ1v) is 8.55. The van der Waals surface area contributed by atoms with E-state index in [0.29, 0.717) is 0 Å². The summed E-state index contributed by atoms with van der Waals surface area (Å²) in [6.07, 6.45) is 0.310. The zero-order valence-corrected chi connectivity index (χ0v) is 16.9. The van der Waals surface area contributed by atoms with Crippen LogP contribution >= 0.6 is 11.8 Å². The van der Waals surface area contributed by atoms with Gasteiger partial charge in [-0.05, 0) is 30.7 Å². The molecule has 26 heavy (non-hydrogen) atoms. The van der Waals surface area contributed by atoms with Crippen molar-refractivity contribution in [1.29, 1.82) is 0 Å². The number of aliphatic hydroxyl groups is 1. The van der Waals surface area contributed by atoms with E-state index in [2.05, 4.69) is 4.99 Å². The van der Waals surface area contributed by atoms with Crippen molar-refractivity contribution in [3.63, 3.8) is 0 Å². The third-order valence-electron chi connectivity index (χ3n) is 3.92. The number of carboxylic acids is 2. The van der Waals surface area contributed by atoms with E-state index in [0.717, 1.165) is 4.90 Å². The number of aliphatic carboxylic acids is 2. The van der Waals surface area contributed by atoms with Crippen LogP contribution in [0.2, 0.25) is 0 Å². The number of nitrogens with two attached hydrogens (primary N) is 1. The number of β-lactam (4-membered cyclic amide) rings is 1. The van der Waals surface area contributed by atoms with E-state index >= 15 is 0 Å². The molecule has 10 nitrogen and oxygen atoms in total. The number of aliphatic hydroxyl groups excluding tert-OH is 1. The van der Waals surface area contributed by atoms with Crippen molar-refractivity contribution < 1.29 is 64.4 Å². The summed E-state index contributed by atoms with van der Waals surface area (Å²) in [4.78, 5) is 38.9. The summed E-state index contributed by atoms with van der Waals surface area (Å²) in [7, 11) is 0. The molecule has 0 aromatic rings. The zero-order chi connectivity index (χ0) is 18.7. The molecule has 0 aromatic carbocycles. The Morgan fingerprint density at radius 2 is 2.08 bits per heavy atom. The van der Waals surface area contributed by atoms with Crippen LogP contribution in [0.1, 0.15) is 19.3 Å². The number of thioether (sulfide) groups is 1. The van der Waals surface area contributed by atoms with Gasteiger partial charge in [-0.1, -0.05) is 0 Å². The fourth-order valence-corrected chi connectivity index (χ4v) is 3.90. The number of carbonyl (C=O) groups excluding carboxylic acids is 1. The molecule has 0 bridgehead atoms. The van der Waals surface area contributed by atoms with Gasteiger partial charge in [0.2, 0.25) is 0 Å². The predicted octanol–water partition coefficient (Wildman–Crippen LogP) is -5.05. The second-order valence-corrected chi connectivity index (χ2v) is 6.73. The molecule has 138 valence electrons. The number of hydrogen-bond acceptors (Lipinski definition) is 8. The summed E-state index contributed by atoms with van der Waals surface area (Å²) < 4.78 is 0. The van der Waals surface area contributed by atoms with Gasteiger partial charge in [0.25, 0.3) is 5.91 Å². The summed E-state index contributed by atoms with van der Waals surface area (Å²) in [6.45, 7) is -0.463. The number of nitrogens with zero attached hydrogens (tertiary/aromatic N) is 2. The molecule has 0 radical (unpaired) electrons. The van der Waals surface area contributed by atoms with Crippen molar-refractivity contribution in [1.82, 2.24) is 4.90 Å². The molecule has 2 aliphatic rings. The standard InChI is InChI=1S/C14H19N3O7S.Na/c15-7(13(21)22)2-1-3-8(19)16-9-11(20)17-10(14(23)24)6(4-18)5-25-12(9)17;/h7,9,12,18H,1-5,15H2,(H,16,19)(H,21,22)(H,23,24);/q;+1/p-1/t7-,9?,12?;/m1./s1. The molecule has 1 fully saturated rings. The third kappa shape index (κ3) is 4.78. The normalized spacial score (nSPS) is 23.7. The summed E-state index contributed by atoms with van der Waals surface area (Å²) >= 11 is 1.23. The summed E-state index contributed by atoms with van der Waals surface area (Å²) in [5.41, 5.74) is 5.33. The SMILES string of the molecule is N[C@H](CCCC([O-])=NC1C(=O)N2C(C(=O)O)=C(CO)CSC12)C(=O)O.[Na+]. The summed E-state index contributed by atoms with van der Waals surface area (Å²) in [5, 5.41) is 38.4. The second-order valence-electron chi connectivity index (χ2n) is 5.63. The van der Waals surface area contributed by atoms with Gasteiger partial charge in [-0.15, -0.1) is 11.8 Å². The molecular weight excluding hydrogens is 377 g/mol. The molecule has 5 N–H and O–H groups in total. The first kappa shape index (κ1) is 22.9. The van der Waals surface area contributed by atoms with E-state index in [1.54, 1.807) is 0 Å². The Balaban J connectivity index is 0.00000338. The maximum absolute atomic E-state index is 12.2. The molecule has 0 saturated carbocycles. The average molecular weight is 395 g/mol. The van der Waals surface area contributed by atoms with Crippen LogP contribution in [-0.2, 0) is 14.4 Å². The van der Waals surface area contributed by atoms with E-state index in [1.807, 2.05) is 0 Å². The van der Waals surface area contributed by atoms with Gasteiger partial charge in [-0.3, -0.25) is 19.5 Å². The van der Waals surface area contributed by atoms with Crippen molar-refractivity contribution in [3.8, 4) is 0 Å². The van der Waals surface area contributed by atoms with Gasteiger partial charge in [0.05, 0.1) is 6.61 Å². The van der Waals surface area contributed by atoms with E-state index < -0.39 is 47.8 Å². The van der Waals surface area contributed by atoms with Crippen LogP contribution in [-0.4, -0.2) is 73.8 Å². The smallest absolute Gasteiger partial charge is 0.862 e. The van der Waals surface area contributed by atoms with Gasteiger partial charge in [0.15, 0.2) is 6.04 Å². The number of carbonyl (C=O) groups is 3. The Hall–Kier alpha value is -1.11. The van der Waals surface area contributed by atoms with Crippen LogP contribution in [0.25, 0.3) is 0 Å². The molecule has 2 aliphatic heterocycles. The number of fused-ring (bicyclic) bond motifs is 1. The van der Waals surface area contributed by atoms with Gasteiger partial charge in [-0.2, -0.15) is 0 Å². The topological polar surface area (TPSA) is 177 Å². The second kappa shape index (κ2) is 9.72. The minimum absolute atomic E-state index is 0. The molecule has 0 aromatic heterocycles. The Bertz CT molecular complexity index is 654. The van der Waals surface area contributed by atoms with Crippen LogP contribution < -0.4 is 40.4 Å². The number of hydrogen-bond donors (Lipinski definition) is 4. The van der Waals surface area contributed by atoms with Crippen LogP contribution in [0.4, 0.5) is 0 Å². The van der Waals surface area contributed by atoms with Crippen molar-refractivity contribution in [2.45, 2.75) is 36.7 Å². The number of aliphatic imine (C=N–C) groups is 1. The Morgan fingerprint density at radius 3 is 2.62 bits per heavy atom. The van der Waals surface area contributed by atoms with Gasteiger partial charge in [-0.25, -0.2) is 4.79 Å². The number of carboxylic acid groups (broad SMARTS) is 2. The van der Waals surface area contributed by atoms with Gasteiger partial charge in [0, 0.05) is 5.75 Å². The molecule has 2 rings (SSSR count). The molecule has 1 amide bonds. The van der Waals surface area contributed by atoms with Crippen LogP contribution in [0.15, 0.2) is 16.3 Å².